The maximum Gasteiger partial charge on any atom is 0.127 e. The van der Waals surface area contributed by atoms with Crippen molar-refractivity contribution in [3.8, 4) is 0 Å². The van der Waals surface area contributed by atoms with Crippen LogP contribution in [-0.2, 0) is 6.54 Å². The van der Waals surface area contributed by atoms with Crippen molar-refractivity contribution >= 4 is 22.4 Å². The number of rotatable bonds is 5. The van der Waals surface area contributed by atoms with Gasteiger partial charge in [0.15, 0.2) is 0 Å². The maximum atomic E-state index is 4.84. The van der Waals surface area contributed by atoms with Crippen molar-refractivity contribution in [2.45, 2.75) is 39.4 Å². The Morgan fingerprint density at radius 1 is 1.14 bits per heavy atom. The topological polar surface area (TPSA) is 29.9 Å². The minimum atomic E-state index is 0.224. The van der Waals surface area contributed by atoms with Crippen molar-refractivity contribution in [3.63, 3.8) is 0 Å². The Balaban J connectivity index is 1.89. The van der Waals surface area contributed by atoms with Crippen LogP contribution in [0.4, 0.5) is 0 Å². The van der Waals surface area contributed by atoms with Crippen LogP contribution in [0.3, 0.4) is 0 Å². The summed E-state index contributed by atoms with van der Waals surface area (Å²) in [4.78, 5) is 6.19. The van der Waals surface area contributed by atoms with Crippen molar-refractivity contribution in [3.05, 3.63) is 52.5 Å². The summed E-state index contributed by atoms with van der Waals surface area (Å²) in [7, 11) is 0. The molecule has 0 saturated heterocycles. The van der Waals surface area contributed by atoms with E-state index >= 15 is 0 Å². The van der Waals surface area contributed by atoms with Gasteiger partial charge in [0.05, 0.1) is 17.1 Å². The van der Waals surface area contributed by atoms with Crippen LogP contribution >= 0.6 is 11.3 Å². The number of imidazole rings is 1. The lowest BCUT2D eigenvalue weighted by Crippen LogP contribution is -2.22. The highest BCUT2D eigenvalue weighted by Gasteiger charge is 2.17. The van der Waals surface area contributed by atoms with Gasteiger partial charge in [0.1, 0.15) is 5.82 Å². The van der Waals surface area contributed by atoms with E-state index in [9.17, 15) is 0 Å². The van der Waals surface area contributed by atoms with Crippen LogP contribution in [-0.4, -0.2) is 9.55 Å². The van der Waals surface area contributed by atoms with E-state index in [0.29, 0.717) is 6.04 Å². The molecule has 0 saturated carbocycles. The van der Waals surface area contributed by atoms with E-state index in [0.717, 1.165) is 17.9 Å². The summed E-state index contributed by atoms with van der Waals surface area (Å²) < 4.78 is 2.33. The SMILES string of the molecule is CC(NCc1cccs1)c1nc2ccccc2n1C(C)C. The van der Waals surface area contributed by atoms with E-state index in [4.69, 9.17) is 4.98 Å². The van der Waals surface area contributed by atoms with Gasteiger partial charge in [-0.15, -0.1) is 11.3 Å². The van der Waals surface area contributed by atoms with Gasteiger partial charge in [-0.1, -0.05) is 18.2 Å². The highest BCUT2D eigenvalue weighted by atomic mass is 32.1. The Kier molecular flexibility index (Phi) is 4.08. The van der Waals surface area contributed by atoms with Crippen LogP contribution in [0.2, 0.25) is 0 Å². The van der Waals surface area contributed by atoms with Crippen molar-refractivity contribution in [2.75, 3.05) is 0 Å². The zero-order chi connectivity index (χ0) is 14.8. The second-order valence-corrected chi connectivity index (χ2v) is 6.64. The van der Waals surface area contributed by atoms with Crippen LogP contribution in [0.15, 0.2) is 41.8 Å². The van der Waals surface area contributed by atoms with Gasteiger partial charge in [-0.2, -0.15) is 0 Å². The van der Waals surface area contributed by atoms with Crippen LogP contribution in [0.1, 0.15) is 43.6 Å². The molecule has 0 amide bonds. The van der Waals surface area contributed by atoms with E-state index in [1.165, 1.54) is 10.4 Å². The molecule has 2 aromatic heterocycles. The zero-order valence-electron chi connectivity index (χ0n) is 12.7. The minimum absolute atomic E-state index is 0.224. The molecule has 0 spiro atoms. The van der Waals surface area contributed by atoms with E-state index < -0.39 is 0 Å². The summed E-state index contributed by atoms with van der Waals surface area (Å²) in [6, 6.07) is 13.2. The molecule has 0 radical (unpaired) electrons. The maximum absolute atomic E-state index is 4.84. The fourth-order valence-corrected chi connectivity index (χ4v) is 3.33. The first-order chi connectivity index (χ1) is 10.2. The van der Waals surface area contributed by atoms with Gasteiger partial charge in [0.25, 0.3) is 0 Å². The lowest BCUT2D eigenvalue weighted by atomic mass is 10.2. The Hall–Kier alpha value is -1.65. The monoisotopic (exact) mass is 299 g/mol. The normalized spacial score (nSPS) is 13.1. The summed E-state index contributed by atoms with van der Waals surface area (Å²) in [6.45, 7) is 7.50. The standard InChI is InChI=1S/C17H21N3S/c1-12(2)20-16-9-5-4-8-15(16)19-17(20)13(3)18-11-14-7-6-10-21-14/h4-10,12-13,18H,11H2,1-3H3. The number of hydrogen-bond donors (Lipinski definition) is 1. The fourth-order valence-electron chi connectivity index (χ4n) is 2.67. The number of aromatic nitrogens is 2. The minimum Gasteiger partial charge on any atom is -0.324 e. The molecule has 0 aliphatic heterocycles. The first-order valence-electron chi connectivity index (χ1n) is 7.39. The van der Waals surface area contributed by atoms with Crippen LogP contribution in [0.5, 0.6) is 0 Å². The van der Waals surface area contributed by atoms with Gasteiger partial charge in [0.2, 0.25) is 0 Å². The zero-order valence-corrected chi connectivity index (χ0v) is 13.5. The van der Waals surface area contributed by atoms with Gasteiger partial charge in [-0.3, -0.25) is 0 Å². The van der Waals surface area contributed by atoms with Crippen LogP contribution < -0.4 is 5.32 Å². The molecular weight excluding hydrogens is 278 g/mol. The fraction of sp³-hybridized carbons (Fsp3) is 0.353. The first kappa shape index (κ1) is 14.3. The molecule has 3 nitrogen and oxygen atoms in total. The van der Waals surface area contributed by atoms with Gasteiger partial charge < -0.3 is 9.88 Å². The Morgan fingerprint density at radius 3 is 2.67 bits per heavy atom. The number of thiophene rings is 1. The van der Waals surface area contributed by atoms with Crippen LogP contribution in [0.25, 0.3) is 11.0 Å². The molecular formula is C17H21N3S. The molecule has 2 heterocycles. The second-order valence-electron chi connectivity index (χ2n) is 5.60. The quantitative estimate of drug-likeness (QED) is 0.750. The molecule has 3 aromatic rings. The van der Waals surface area contributed by atoms with E-state index in [2.05, 4.69) is 66.4 Å². The molecule has 0 fully saturated rings. The Bertz CT molecular complexity index is 713. The third-order valence-corrected chi connectivity index (χ3v) is 4.57. The number of nitrogens with zero attached hydrogens (tertiary/aromatic N) is 2. The number of hydrogen-bond acceptors (Lipinski definition) is 3. The average molecular weight is 299 g/mol. The number of nitrogens with one attached hydrogen (secondary N) is 1. The summed E-state index contributed by atoms with van der Waals surface area (Å²) in [6.07, 6.45) is 0. The molecule has 4 heteroatoms. The lowest BCUT2D eigenvalue weighted by Gasteiger charge is -2.18. The van der Waals surface area contributed by atoms with Gasteiger partial charge in [-0.05, 0) is 44.4 Å². The smallest absolute Gasteiger partial charge is 0.127 e. The number of benzene rings is 1. The highest BCUT2D eigenvalue weighted by molar-refractivity contribution is 7.09. The van der Waals surface area contributed by atoms with Gasteiger partial charge >= 0.3 is 0 Å². The van der Waals surface area contributed by atoms with E-state index in [1.807, 2.05) is 6.07 Å². The summed E-state index contributed by atoms with van der Waals surface area (Å²) in [5.41, 5.74) is 2.29. The van der Waals surface area contributed by atoms with E-state index in [-0.39, 0.29) is 6.04 Å². The summed E-state index contributed by atoms with van der Waals surface area (Å²) in [5, 5.41) is 5.70. The van der Waals surface area contributed by atoms with Gasteiger partial charge in [-0.25, -0.2) is 4.98 Å². The molecule has 0 bridgehead atoms. The molecule has 0 aliphatic carbocycles. The van der Waals surface area contributed by atoms with Crippen molar-refractivity contribution in [1.29, 1.82) is 0 Å². The molecule has 1 N–H and O–H groups in total. The van der Waals surface area contributed by atoms with Crippen molar-refractivity contribution < 1.29 is 0 Å². The average Bonchev–Trinajstić information content (AvgIpc) is 3.11. The lowest BCUT2D eigenvalue weighted by molar-refractivity contribution is 0.493. The molecule has 1 aromatic carbocycles. The number of fused-ring (bicyclic) bond motifs is 1. The predicted molar refractivity (Wildman–Crippen MR) is 89.7 cm³/mol. The third-order valence-electron chi connectivity index (χ3n) is 3.69. The predicted octanol–water partition coefficient (Wildman–Crippen LogP) is 4.53. The Morgan fingerprint density at radius 2 is 1.95 bits per heavy atom. The van der Waals surface area contributed by atoms with Gasteiger partial charge in [0, 0.05) is 17.5 Å². The first-order valence-corrected chi connectivity index (χ1v) is 8.27. The second kappa shape index (κ2) is 6.00. The van der Waals surface area contributed by atoms with Crippen molar-refractivity contribution in [2.24, 2.45) is 0 Å². The Labute approximate surface area is 129 Å². The number of para-hydroxylation sites is 2. The molecule has 3 rings (SSSR count). The molecule has 1 atom stereocenters. The highest BCUT2D eigenvalue weighted by Crippen LogP contribution is 2.25. The molecule has 0 aliphatic rings. The summed E-state index contributed by atoms with van der Waals surface area (Å²) >= 11 is 1.79. The summed E-state index contributed by atoms with van der Waals surface area (Å²) in [5.74, 6) is 1.11. The molecule has 1 unspecified atom stereocenters. The largest absolute Gasteiger partial charge is 0.324 e. The third kappa shape index (κ3) is 2.87. The van der Waals surface area contributed by atoms with Crippen LogP contribution in [0, 0.1) is 0 Å². The van der Waals surface area contributed by atoms with Crippen molar-refractivity contribution in [1.82, 2.24) is 14.9 Å². The van der Waals surface area contributed by atoms with E-state index in [1.54, 1.807) is 11.3 Å². The molecule has 21 heavy (non-hydrogen) atoms. The molecule has 110 valence electrons.